The third-order valence-corrected chi connectivity index (χ3v) is 6.29. The molecule has 2 N–H and O–H groups in total. The van der Waals surface area contributed by atoms with Crippen LogP contribution in [0.2, 0.25) is 0 Å². The van der Waals surface area contributed by atoms with Crippen molar-refractivity contribution in [3.63, 3.8) is 0 Å². The Morgan fingerprint density at radius 1 is 1.08 bits per heavy atom. The van der Waals surface area contributed by atoms with Crippen LogP contribution in [0, 0.1) is 18.7 Å². The molecule has 0 unspecified atom stereocenters. The summed E-state index contributed by atoms with van der Waals surface area (Å²) >= 11 is 0. The topological polar surface area (TPSA) is 84.1 Å². The normalized spacial score (nSPS) is 17.5. The van der Waals surface area contributed by atoms with Gasteiger partial charge in [-0.25, -0.2) is 9.37 Å². The molecule has 0 aliphatic heterocycles. The van der Waals surface area contributed by atoms with E-state index in [0.29, 0.717) is 11.6 Å². The number of carbonyl (C=O) groups is 1. The van der Waals surface area contributed by atoms with Gasteiger partial charge in [0.1, 0.15) is 11.6 Å². The number of ether oxygens (including phenoxy) is 1. The zero-order valence-corrected chi connectivity index (χ0v) is 20.3. The Labute approximate surface area is 217 Å². The molecule has 0 bridgehead atoms. The van der Waals surface area contributed by atoms with Gasteiger partial charge in [0.05, 0.1) is 29.4 Å². The maximum atomic E-state index is 15.3. The maximum absolute atomic E-state index is 15.3. The summed E-state index contributed by atoms with van der Waals surface area (Å²) in [5, 5.41) is 2.49. The summed E-state index contributed by atoms with van der Waals surface area (Å²) in [7, 11) is 0. The second-order valence-corrected chi connectivity index (χ2v) is 9.21. The number of amides is 1. The molecule has 2 aromatic carbocycles. The summed E-state index contributed by atoms with van der Waals surface area (Å²) in [5.41, 5.74) is -3.63. The van der Waals surface area contributed by atoms with E-state index >= 15 is 4.39 Å². The summed E-state index contributed by atoms with van der Waals surface area (Å²) < 4.78 is 100. The number of alkyl halides is 6. The van der Waals surface area contributed by atoms with Crippen LogP contribution in [0.15, 0.2) is 47.3 Å². The number of hydrogen-bond donors (Lipinski definition) is 2. The molecule has 0 atom stereocenters. The van der Waals surface area contributed by atoms with Crippen LogP contribution in [0.1, 0.15) is 40.8 Å². The van der Waals surface area contributed by atoms with Crippen LogP contribution in [0.4, 0.5) is 30.7 Å². The monoisotopic (exact) mass is 557 g/mol. The second kappa shape index (κ2) is 10.8. The molecule has 0 spiro atoms. The fraction of sp³-hybridized carbons (Fsp3) is 0.346. The smallest absolute Gasteiger partial charge is 0.373 e. The summed E-state index contributed by atoms with van der Waals surface area (Å²) in [6.45, 7) is 0.888. The number of aromatic nitrogens is 2. The first kappa shape index (κ1) is 28.3. The number of carbonyl (C=O) groups excluding carboxylic acids is 1. The Morgan fingerprint density at radius 3 is 2.44 bits per heavy atom. The van der Waals surface area contributed by atoms with Gasteiger partial charge in [0.2, 0.25) is 5.91 Å². The van der Waals surface area contributed by atoms with Crippen LogP contribution in [0.5, 0.6) is 0 Å². The lowest BCUT2D eigenvalue weighted by Crippen LogP contribution is -2.42. The summed E-state index contributed by atoms with van der Waals surface area (Å²) in [4.78, 5) is 30.2. The number of nitrogens with one attached hydrogen (secondary N) is 2. The van der Waals surface area contributed by atoms with Gasteiger partial charge in [-0.3, -0.25) is 9.59 Å². The highest BCUT2D eigenvalue weighted by molar-refractivity contribution is 5.79. The van der Waals surface area contributed by atoms with E-state index in [9.17, 15) is 35.9 Å². The van der Waals surface area contributed by atoms with Gasteiger partial charge in [-0.05, 0) is 43.5 Å². The minimum Gasteiger partial charge on any atom is -0.373 e. The summed E-state index contributed by atoms with van der Waals surface area (Å²) in [5.74, 6) is -2.85. The molecule has 1 fully saturated rings. The molecule has 1 aliphatic carbocycles. The van der Waals surface area contributed by atoms with Gasteiger partial charge in [-0.1, -0.05) is 18.2 Å². The largest absolute Gasteiger partial charge is 0.417 e. The van der Waals surface area contributed by atoms with Gasteiger partial charge >= 0.3 is 12.4 Å². The van der Waals surface area contributed by atoms with Crippen molar-refractivity contribution in [1.29, 1.82) is 0 Å². The van der Waals surface area contributed by atoms with Crippen molar-refractivity contribution in [2.75, 3.05) is 0 Å². The van der Waals surface area contributed by atoms with Gasteiger partial charge < -0.3 is 15.0 Å². The number of nitrogens with zero attached hydrogens (tertiary/aromatic N) is 1. The number of rotatable bonds is 7. The third-order valence-electron chi connectivity index (χ3n) is 6.29. The zero-order valence-electron chi connectivity index (χ0n) is 20.3. The van der Waals surface area contributed by atoms with Gasteiger partial charge in [0.15, 0.2) is 0 Å². The summed E-state index contributed by atoms with van der Waals surface area (Å²) in [6, 6.07) is 7.31. The van der Waals surface area contributed by atoms with E-state index in [4.69, 9.17) is 4.74 Å². The average Bonchev–Trinajstić information content (AvgIpc) is 2.80. The van der Waals surface area contributed by atoms with E-state index < -0.39 is 64.6 Å². The molecule has 1 amide bonds. The fourth-order valence-electron chi connectivity index (χ4n) is 4.21. The van der Waals surface area contributed by atoms with E-state index in [1.165, 1.54) is 19.1 Å². The van der Waals surface area contributed by atoms with E-state index in [1.54, 1.807) is 0 Å². The fourth-order valence-corrected chi connectivity index (χ4v) is 4.21. The van der Waals surface area contributed by atoms with Crippen LogP contribution in [-0.2, 0) is 35.0 Å². The molecule has 39 heavy (non-hydrogen) atoms. The molecule has 4 rings (SSSR count). The second-order valence-electron chi connectivity index (χ2n) is 9.21. The van der Waals surface area contributed by atoms with Crippen molar-refractivity contribution in [1.82, 2.24) is 15.3 Å². The van der Waals surface area contributed by atoms with Crippen LogP contribution < -0.4 is 10.9 Å². The van der Waals surface area contributed by atoms with Crippen molar-refractivity contribution < 1.29 is 40.3 Å². The SMILES string of the molecule is Cc1cc(=O)[nH]c(-c2c(C(F)(F)F)ccc(CNC(=O)C3CC(OCc4cccc(C(F)(F)F)c4)C3)c2F)n1. The quantitative estimate of drug-likeness (QED) is 0.374. The van der Waals surface area contributed by atoms with Crippen molar-refractivity contribution in [3.05, 3.63) is 86.6 Å². The molecule has 6 nitrogen and oxygen atoms in total. The van der Waals surface area contributed by atoms with Crippen LogP contribution in [-0.4, -0.2) is 22.0 Å². The van der Waals surface area contributed by atoms with Crippen molar-refractivity contribution >= 4 is 5.91 Å². The van der Waals surface area contributed by atoms with E-state index in [0.717, 1.165) is 24.3 Å². The maximum Gasteiger partial charge on any atom is 0.417 e. The average molecular weight is 557 g/mol. The minimum absolute atomic E-state index is 0.0719. The molecule has 3 aromatic rings. The third kappa shape index (κ3) is 6.64. The molecule has 1 aromatic heterocycles. The van der Waals surface area contributed by atoms with Crippen molar-refractivity contribution in [2.45, 2.75) is 51.4 Å². The van der Waals surface area contributed by atoms with Crippen LogP contribution in [0.3, 0.4) is 0 Å². The lowest BCUT2D eigenvalue weighted by Gasteiger charge is -2.34. The number of benzene rings is 2. The molecule has 1 heterocycles. The first-order valence-electron chi connectivity index (χ1n) is 11.7. The Bertz CT molecular complexity index is 1430. The number of aryl methyl sites for hydroxylation is 1. The highest BCUT2D eigenvalue weighted by Crippen LogP contribution is 2.38. The molecule has 0 saturated heterocycles. The Hall–Kier alpha value is -3.74. The van der Waals surface area contributed by atoms with Gasteiger partial charge in [0, 0.05) is 29.8 Å². The van der Waals surface area contributed by atoms with Gasteiger partial charge in [-0.15, -0.1) is 0 Å². The minimum atomic E-state index is -4.94. The Morgan fingerprint density at radius 2 is 1.79 bits per heavy atom. The highest BCUT2D eigenvalue weighted by atomic mass is 19.4. The lowest BCUT2D eigenvalue weighted by atomic mass is 9.81. The first-order valence-corrected chi connectivity index (χ1v) is 11.7. The molecule has 1 aliphatic rings. The number of hydrogen-bond acceptors (Lipinski definition) is 4. The van der Waals surface area contributed by atoms with E-state index in [1.807, 2.05) is 0 Å². The first-order chi connectivity index (χ1) is 18.2. The Balaban J connectivity index is 1.38. The standard InChI is InChI=1S/C26H22F7N3O3/c1-13-7-20(37)36-23(35-13)21-19(26(31,32)33)6-5-15(22(21)27)11-34-24(38)16-9-18(10-16)39-12-14-3-2-4-17(8-14)25(28,29)30/h2-8,16,18H,9-12H2,1H3,(H,34,38)(H,35,36,37). The van der Waals surface area contributed by atoms with Gasteiger partial charge in [-0.2, -0.15) is 26.3 Å². The van der Waals surface area contributed by atoms with Gasteiger partial charge in [0.25, 0.3) is 5.56 Å². The molecule has 0 radical (unpaired) electrons. The molecule has 13 heteroatoms. The van der Waals surface area contributed by atoms with E-state index in [-0.39, 0.29) is 36.8 Å². The number of halogens is 7. The molecule has 208 valence electrons. The molecule has 1 saturated carbocycles. The van der Waals surface area contributed by atoms with Crippen molar-refractivity contribution in [2.24, 2.45) is 5.92 Å². The number of H-pyrrole nitrogens is 1. The van der Waals surface area contributed by atoms with Crippen LogP contribution in [0.25, 0.3) is 11.4 Å². The lowest BCUT2D eigenvalue weighted by molar-refractivity contribution is -0.138. The predicted molar refractivity (Wildman–Crippen MR) is 125 cm³/mol. The Kier molecular flexibility index (Phi) is 7.82. The highest BCUT2D eigenvalue weighted by Gasteiger charge is 2.38. The van der Waals surface area contributed by atoms with E-state index in [2.05, 4.69) is 15.3 Å². The molecular formula is C26H22F7N3O3. The molecular weight excluding hydrogens is 535 g/mol. The summed E-state index contributed by atoms with van der Waals surface area (Å²) in [6.07, 6.45) is -9.22. The zero-order chi connectivity index (χ0) is 28.5. The van der Waals surface area contributed by atoms with Crippen LogP contribution >= 0.6 is 0 Å². The number of aromatic amines is 1. The predicted octanol–water partition coefficient (Wildman–Crippen LogP) is 5.53. The van der Waals surface area contributed by atoms with Crippen molar-refractivity contribution in [3.8, 4) is 11.4 Å².